The van der Waals surface area contributed by atoms with Gasteiger partial charge < -0.3 is 13.9 Å². The molecule has 0 saturated carbocycles. The first-order valence-electron chi connectivity index (χ1n) is 7.55. The second-order valence-electron chi connectivity index (χ2n) is 6.85. The molecule has 0 spiro atoms. The highest BCUT2D eigenvalue weighted by Crippen LogP contribution is 2.45. The highest BCUT2D eigenvalue weighted by Gasteiger charge is 2.40. The third-order valence-electron chi connectivity index (χ3n) is 4.27. The van der Waals surface area contributed by atoms with Gasteiger partial charge in [-0.2, -0.15) is 0 Å². The van der Waals surface area contributed by atoms with Gasteiger partial charge >= 0.3 is 0 Å². The SMILES string of the molecule is CCC(=O)c1cc(OC)c(O[Si](C)(C)C(C)(C)C)c(OC)c1. The molecule has 0 N–H and O–H groups in total. The van der Waals surface area contributed by atoms with Crippen molar-refractivity contribution in [2.45, 2.75) is 52.2 Å². The van der Waals surface area contributed by atoms with Crippen molar-refractivity contribution >= 4 is 14.1 Å². The number of Topliss-reactive ketones (excluding diaryl/α,β-unsaturated/α-hetero) is 1. The zero-order valence-corrected chi connectivity index (χ0v) is 16.0. The van der Waals surface area contributed by atoms with Gasteiger partial charge in [0.1, 0.15) is 0 Å². The molecule has 0 aliphatic carbocycles. The van der Waals surface area contributed by atoms with Crippen molar-refractivity contribution in [1.29, 1.82) is 0 Å². The molecular weight excluding hydrogens is 296 g/mol. The van der Waals surface area contributed by atoms with E-state index in [1.807, 2.05) is 6.92 Å². The fourth-order valence-electron chi connectivity index (χ4n) is 1.75. The Morgan fingerprint density at radius 2 is 1.55 bits per heavy atom. The maximum atomic E-state index is 12.0. The summed E-state index contributed by atoms with van der Waals surface area (Å²) in [4.78, 5) is 12.0. The van der Waals surface area contributed by atoms with E-state index in [0.717, 1.165) is 0 Å². The zero-order chi connectivity index (χ0) is 17.1. The van der Waals surface area contributed by atoms with E-state index in [9.17, 15) is 4.79 Å². The summed E-state index contributed by atoms with van der Waals surface area (Å²) in [5.74, 6) is 1.72. The van der Waals surface area contributed by atoms with Crippen LogP contribution in [0.2, 0.25) is 18.1 Å². The quantitative estimate of drug-likeness (QED) is 0.563. The van der Waals surface area contributed by atoms with Crippen LogP contribution in [0.5, 0.6) is 17.2 Å². The van der Waals surface area contributed by atoms with Crippen molar-refractivity contribution in [3.05, 3.63) is 17.7 Å². The third-order valence-corrected chi connectivity index (χ3v) is 8.59. The van der Waals surface area contributed by atoms with Gasteiger partial charge in [-0.15, -0.1) is 0 Å². The summed E-state index contributed by atoms with van der Waals surface area (Å²) in [5.41, 5.74) is 0.582. The first-order valence-corrected chi connectivity index (χ1v) is 10.5. The maximum Gasteiger partial charge on any atom is 0.250 e. The molecule has 1 aromatic carbocycles. The summed E-state index contributed by atoms with van der Waals surface area (Å²) in [5, 5.41) is 0.0565. The Morgan fingerprint density at radius 3 is 1.86 bits per heavy atom. The highest BCUT2D eigenvalue weighted by atomic mass is 28.4. The van der Waals surface area contributed by atoms with Crippen LogP contribution in [0.25, 0.3) is 0 Å². The van der Waals surface area contributed by atoms with Gasteiger partial charge in [-0.1, -0.05) is 27.7 Å². The minimum Gasteiger partial charge on any atom is -0.539 e. The molecule has 5 heteroatoms. The van der Waals surface area contributed by atoms with Gasteiger partial charge in [-0.25, -0.2) is 0 Å². The second kappa shape index (κ2) is 6.73. The van der Waals surface area contributed by atoms with Crippen molar-refractivity contribution in [1.82, 2.24) is 0 Å². The summed E-state index contributed by atoms with van der Waals surface area (Å²) in [7, 11) is 1.11. The lowest BCUT2D eigenvalue weighted by molar-refractivity contribution is 0.0987. The average molecular weight is 324 g/mol. The van der Waals surface area contributed by atoms with Crippen molar-refractivity contribution in [2.75, 3.05) is 14.2 Å². The maximum absolute atomic E-state index is 12.0. The predicted octanol–water partition coefficient (Wildman–Crippen LogP) is 4.68. The van der Waals surface area contributed by atoms with Gasteiger partial charge in [0.15, 0.2) is 23.0 Å². The van der Waals surface area contributed by atoms with E-state index in [4.69, 9.17) is 13.9 Å². The topological polar surface area (TPSA) is 44.8 Å². The van der Waals surface area contributed by atoms with Crippen molar-refractivity contribution in [3.63, 3.8) is 0 Å². The molecular formula is C17H28O4Si. The van der Waals surface area contributed by atoms with Gasteiger partial charge in [0.25, 0.3) is 8.32 Å². The molecule has 0 radical (unpaired) electrons. The molecule has 0 amide bonds. The second-order valence-corrected chi connectivity index (χ2v) is 11.6. The number of carbonyl (C=O) groups is 1. The number of hydrogen-bond donors (Lipinski definition) is 0. The largest absolute Gasteiger partial charge is 0.539 e. The number of benzene rings is 1. The van der Waals surface area contributed by atoms with Crippen LogP contribution in [0.1, 0.15) is 44.5 Å². The third kappa shape index (κ3) is 3.83. The van der Waals surface area contributed by atoms with Crippen LogP contribution in [-0.2, 0) is 0 Å². The Labute approximate surface area is 134 Å². The Hall–Kier alpha value is -1.49. The van der Waals surface area contributed by atoms with Gasteiger partial charge in [0, 0.05) is 12.0 Å². The van der Waals surface area contributed by atoms with Crippen LogP contribution in [0.3, 0.4) is 0 Å². The van der Waals surface area contributed by atoms with Crippen LogP contribution >= 0.6 is 0 Å². The molecule has 22 heavy (non-hydrogen) atoms. The molecule has 124 valence electrons. The first-order chi connectivity index (χ1) is 10.1. The molecule has 0 heterocycles. The van der Waals surface area contributed by atoms with Gasteiger partial charge in [0.05, 0.1) is 14.2 Å². The van der Waals surface area contributed by atoms with Crippen LogP contribution in [-0.4, -0.2) is 28.3 Å². The molecule has 4 nitrogen and oxygen atoms in total. The number of rotatable bonds is 6. The molecule has 0 atom stereocenters. The van der Waals surface area contributed by atoms with Gasteiger partial charge in [0.2, 0.25) is 0 Å². The molecule has 1 rings (SSSR count). The lowest BCUT2D eigenvalue weighted by Crippen LogP contribution is -2.44. The van der Waals surface area contributed by atoms with E-state index in [2.05, 4.69) is 33.9 Å². The Balaban J connectivity index is 3.38. The van der Waals surface area contributed by atoms with E-state index in [1.54, 1.807) is 26.4 Å². The van der Waals surface area contributed by atoms with Gasteiger partial charge in [-0.05, 0) is 30.3 Å². The van der Waals surface area contributed by atoms with Crippen molar-refractivity contribution < 1.29 is 18.7 Å². The monoisotopic (exact) mass is 324 g/mol. The molecule has 0 aliphatic rings. The smallest absolute Gasteiger partial charge is 0.250 e. The molecule has 0 fully saturated rings. The Kier molecular flexibility index (Phi) is 5.68. The molecule has 0 aliphatic heterocycles. The van der Waals surface area contributed by atoms with E-state index in [1.165, 1.54) is 0 Å². The lowest BCUT2D eigenvalue weighted by atomic mass is 10.1. The molecule has 0 saturated heterocycles. The zero-order valence-electron chi connectivity index (χ0n) is 15.0. The van der Waals surface area contributed by atoms with Gasteiger partial charge in [-0.3, -0.25) is 4.79 Å². The van der Waals surface area contributed by atoms with E-state index in [-0.39, 0.29) is 10.8 Å². The van der Waals surface area contributed by atoms with Crippen LogP contribution < -0.4 is 13.9 Å². The fourth-order valence-corrected chi connectivity index (χ4v) is 2.77. The Bertz CT molecular complexity index is 519. The number of ether oxygens (including phenoxy) is 2. The summed E-state index contributed by atoms with van der Waals surface area (Å²) in [6.45, 7) is 12.7. The van der Waals surface area contributed by atoms with Crippen LogP contribution in [0, 0.1) is 0 Å². The predicted molar refractivity (Wildman–Crippen MR) is 92.0 cm³/mol. The number of methoxy groups -OCH3 is 2. The average Bonchev–Trinajstić information content (AvgIpc) is 2.44. The number of hydrogen-bond acceptors (Lipinski definition) is 4. The first kappa shape index (κ1) is 18.6. The summed E-state index contributed by atoms with van der Waals surface area (Å²) < 4.78 is 17.2. The lowest BCUT2D eigenvalue weighted by Gasteiger charge is -2.37. The number of carbonyl (C=O) groups excluding carboxylic acids is 1. The minimum absolute atomic E-state index is 0.0514. The van der Waals surface area contributed by atoms with Crippen molar-refractivity contribution in [2.24, 2.45) is 0 Å². The molecule has 0 unspecified atom stereocenters. The highest BCUT2D eigenvalue weighted by molar-refractivity contribution is 6.74. The fraction of sp³-hybridized carbons (Fsp3) is 0.588. The van der Waals surface area contributed by atoms with E-state index < -0.39 is 8.32 Å². The van der Waals surface area contributed by atoms with Crippen LogP contribution in [0.4, 0.5) is 0 Å². The molecule has 0 aromatic heterocycles. The standard InChI is InChI=1S/C17H28O4Si/c1-9-13(18)12-10-14(19-5)16(15(11-12)20-6)21-22(7,8)17(2,3)4/h10-11H,9H2,1-8H3. The van der Waals surface area contributed by atoms with E-state index in [0.29, 0.717) is 29.2 Å². The summed E-state index contributed by atoms with van der Waals surface area (Å²) in [6, 6.07) is 3.47. The molecule has 0 bridgehead atoms. The molecule has 1 aromatic rings. The number of ketones is 1. The normalized spacial score (nSPS) is 12.0. The van der Waals surface area contributed by atoms with E-state index >= 15 is 0 Å². The summed E-state index contributed by atoms with van der Waals surface area (Å²) >= 11 is 0. The minimum atomic E-state index is -2.04. The van der Waals surface area contributed by atoms with Crippen molar-refractivity contribution in [3.8, 4) is 17.2 Å². The Morgan fingerprint density at radius 1 is 1.09 bits per heavy atom. The van der Waals surface area contributed by atoms with Crippen LogP contribution in [0.15, 0.2) is 12.1 Å². The summed E-state index contributed by atoms with van der Waals surface area (Å²) in [6.07, 6.45) is 0.439.